The van der Waals surface area contributed by atoms with E-state index in [0.29, 0.717) is 24.3 Å². The van der Waals surface area contributed by atoms with Crippen LogP contribution in [0.25, 0.3) is 0 Å². The summed E-state index contributed by atoms with van der Waals surface area (Å²) in [5, 5.41) is 3.36. The van der Waals surface area contributed by atoms with Crippen LogP contribution in [0.1, 0.15) is 25.1 Å². The van der Waals surface area contributed by atoms with Crippen LogP contribution in [0.15, 0.2) is 6.07 Å². The molecule has 19 heavy (non-hydrogen) atoms. The van der Waals surface area contributed by atoms with Gasteiger partial charge in [-0.05, 0) is 26.4 Å². The Morgan fingerprint density at radius 2 is 2.32 bits per heavy atom. The number of nitrogens with zero attached hydrogens (tertiary/aromatic N) is 3. The fraction of sp³-hybridized carbons (Fsp3) is 0.692. The highest BCUT2D eigenvalue weighted by atomic mass is 16.5. The van der Waals surface area contributed by atoms with Crippen molar-refractivity contribution in [2.75, 3.05) is 38.3 Å². The monoisotopic (exact) mass is 265 g/mol. The lowest BCUT2D eigenvalue weighted by molar-refractivity contribution is 0.178. The minimum atomic E-state index is 0.378. The maximum absolute atomic E-state index is 5.77. The summed E-state index contributed by atoms with van der Waals surface area (Å²) in [6.07, 6.45) is 3.83. The van der Waals surface area contributed by atoms with Crippen molar-refractivity contribution in [3.63, 3.8) is 0 Å². The number of aromatic nitrogens is 2. The number of nitrogen functional groups attached to an aromatic ring is 1. The molecule has 0 saturated carbocycles. The summed E-state index contributed by atoms with van der Waals surface area (Å²) in [5.41, 5.74) is 5.77. The Bertz CT molecular complexity index is 412. The molecular formula is C13H23N5O. The maximum atomic E-state index is 5.77. The number of anilines is 2. The minimum Gasteiger partial charge on any atom is -0.384 e. The Labute approximate surface area is 114 Å². The van der Waals surface area contributed by atoms with E-state index in [1.165, 1.54) is 25.8 Å². The number of hydrogen-bond donors (Lipinski definition) is 2. The summed E-state index contributed by atoms with van der Waals surface area (Å²) in [7, 11) is 3.80. The topological polar surface area (TPSA) is 76.3 Å². The lowest BCUT2D eigenvalue weighted by atomic mass is 10.0. The van der Waals surface area contributed by atoms with Crippen molar-refractivity contribution in [1.82, 2.24) is 14.9 Å². The SMILES string of the molecule is COCc1nc(N)cc(NCC2CCCCN2C)n1. The van der Waals surface area contributed by atoms with Gasteiger partial charge >= 0.3 is 0 Å². The van der Waals surface area contributed by atoms with Crippen molar-refractivity contribution in [3.8, 4) is 0 Å². The molecular weight excluding hydrogens is 242 g/mol. The third kappa shape index (κ3) is 4.04. The smallest absolute Gasteiger partial charge is 0.158 e. The first kappa shape index (κ1) is 14.0. The molecule has 1 unspecified atom stereocenters. The molecule has 0 aromatic carbocycles. The second-order valence-corrected chi connectivity index (χ2v) is 5.04. The summed E-state index contributed by atoms with van der Waals surface area (Å²) in [6.45, 7) is 2.44. The first-order valence-electron chi connectivity index (χ1n) is 6.75. The van der Waals surface area contributed by atoms with Gasteiger partial charge in [-0.3, -0.25) is 0 Å². The molecule has 2 heterocycles. The molecule has 0 spiro atoms. The van der Waals surface area contributed by atoms with E-state index >= 15 is 0 Å². The predicted octanol–water partition coefficient (Wildman–Crippen LogP) is 1.10. The van der Waals surface area contributed by atoms with Gasteiger partial charge in [0.05, 0.1) is 0 Å². The number of nitrogens with one attached hydrogen (secondary N) is 1. The molecule has 0 bridgehead atoms. The van der Waals surface area contributed by atoms with Gasteiger partial charge in [-0.1, -0.05) is 6.42 Å². The van der Waals surface area contributed by atoms with E-state index in [4.69, 9.17) is 10.5 Å². The Hall–Kier alpha value is -1.40. The van der Waals surface area contributed by atoms with Crippen molar-refractivity contribution in [3.05, 3.63) is 11.9 Å². The summed E-state index contributed by atoms with van der Waals surface area (Å²) in [4.78, 5) is 10.9. The molecule has 2 rings (SSSR count). The molecule has 1 aromatic heterocycles. The molecule has 6 heteroatoms. The van der Waals surface area contributed by atoms with Crippen molar-refractivity contribution >= 4 is 11.6 Å². The molecule has 1 fully saturated rings. The van der Waals surface area contributed by atoms with Crippen molar-refractivity contribution < 1.29 is 4.74 Å². The number of hydrogen-bond acceptors (Lipinski definition) is 6. The summed E-state index contributed by atoms with van der Waals surface area (Å²) in [6, 6.07) is 2.33. The molecule has 1 aromatic rings. The zero-order valence-corrected chi connectivity index (χ0v) is 11.7. The van der Waals surface area contributed by atoms with Gasteiger partial charge in [-0.15, -0.1) is 0 Å². The fourth-order valence-electron chi connectivity index (χ4n) is 2.43. The number of methoxy groups -OCH3 is 1. The fourth-order valence-corrected chi connectivity index (χ4v) is 2.43. The van der Waals surface area contributed by atoms with Gasteiger partial charge in [-0.2, -0.15) is 0 Å². The van der Waals surface area contributed by atoms with Crippen LogP contribution in [-0.4, -0.2) is 48.2 Å². The highest BCUT2D eigenvalue weighted by molar-refractivity contribution is 5.44. The van der Waals surface area contributed by atoms with E-state index in [0.717, 1.165) is 12.4 Å². The van der Waals surface area contributed by atoms with Crippen LogP contribution in [0.2, 0.25) is 0 Å². The molecule has 1 aliphatic heterocycles. The second-order valence-electron chi connectivity index (χ2n) is 5.04. The van der Waals surface area contributed by atoms with Crippen molar-refractivity contribution in [1.29, 1.82) is 0 Å². The van der Waals surface area contributed by atoms with Gasteiger partial charge in [0.25, 0.3) is 0 Å². The van der Waals surface area contributed by atoms with Crippen LogP contribution in [0.3, 0.4) is 0 Å². The molecule has 3 N–H and O–H groups in total. The van der Waals surface area contributed by atoms with Crippen LogP contribution in [0, 0.1) is 0 Å². The van der Waals surface area contributed by atoms with E-state index in [1.54, 1.807) is 13.2 Å². The predicted molar refractivity (Wildman–Crippen MR) is 75.9 cm³/mol. The molecule has 1 aliphatic rings. The Morgan fingerprint density at radius 1 is 1.47 bits per heavy atom. The molecule has 0 amide bonds. The van der Waals surface area contributed by atoms with Crippen LogP contribution >= 0.6 is 0 Å². The number of rotatable bonds is 5. The number of piperidine rings is 1. The minimum absolute atomic E-state index is 0.378. The van der Waals surface area contributed by atoms with Gasteiger partial charge in [0.15, 0.2) is 5.82 Å². The average Bonchev–Trinajstić information content (AvgIpc) is 2.37. The lowest BCUT2D eigenvalue weighted by Gasteiger charge is -2.32. The zero-order chi connectivity index (χ0) is 13.7. The number of likely N-dealkylation sites (N-methyl/N-ethyl adjacent to an activating group) is 1. The molecule has 1 saturated heterocycles. The Morgan fingerprint density at radius 3 is 3.05 bits per heavy atom. The molecule has 0 radical (unpaired) electrons. The quantitative estimate of drug-likeness (QED) is 0.830. The van der Waals surface area contributed by atoms with E-state index in [1.807, 2.05) is 0 Å². The van der Waals surface area contributed by atoms with Crippen LogP contribution in [-0.2, 0) is 11.3 Å². The van der Waals surface area contributed by atoms with Crippen LogP contribution in [0.4, 0.5) is 11.6 Å². The van der Waals surface area contributed by atoms with E-state index in [9.17, 15) is 0 Å². The zero-order valence-electron chi connectivity index (χ0n) is 11.7. The van der Waals surface area contributed by atoms with Crippen LogP contribution in [0.5, 0.6) is 0 Å². The average molecular weight is 265 g/mol. The van der Waals surface area contributed by atoms with E-state index in [-0.39, 0.29) is 0 Å². The molecule has 0 aliphatic carbocycles. The summed E-state index contributed by atoms with van der Waals surface area (Å²) in [5.74, 6) is 1.86. The third-order valence-corrected chi connectivity index (χ3v) is 3.51. The number of ether oxygens (including phenoxy) is 1. The molecule has 106 valence electrons. The number of likely N-dealkylation sites (tertiary alicyclic amines) is 1. The van der Waals surface area contributed by atoms with Crippen molar-refractivity contribution in [2.24, 2.45) is 0 Å². The largest absolute Gasteiger partial charge is 0.384 e. The Kier molecular flexibility index (Phi) is 4.93. The van der Waals surface area contributed by atoms with Crippen LogP contribution < -0.4 is 11.1 Å². The van der Waals surface area contributed by atoms with Gasteiger partial charge in [-0.25, -0.2) is 9.97 Å². The summed E-state index contributed by atoms with van der Waals surface area (Å²) >= 11 is 0. The van der Waals surface area contributed by atoms with E-state index in [2.05, 4.69) is 27.2 Å². The molecule has 6 nitrogen and oxygen atoms in total. The third-order valence-electron chi connectivity index (χ3n) is 3.51. The second kappa shape index (κ2) is 6.68. The lowest BCUT2D eigenvalue weighted by Crippen LogP contribution is -2.40. The highest BCUT2D eigenvalue weighted by Crippen LogP contribution is 2.16. The van der Waals surface area contributed by atoms with Gasteiger partial charge in [0.1, 0.15) is 18.2 Å². The van der Waals surface area contributed by atoms with Gasteiger partial charge < -0.3 is 20.7 Å². The van der Waals surface area contributed by atoms with E-state index < -0.39 is 0 Å². The normalized spacial score (nSPS) is 20.4. The first-order chi connectivity index (χ1) is 9.19. The summed E-state index contributed by atoms with van der Waals surface area (Å²) < 4.78 is 5.03. The standard InChI is InChI=1S/C13H23N5O/c1-18-6-4-3-5-10(18)8-15-12-7-11(14)16-13(17-12)9-19-2/h7,10H,3-6,8-9H2,1-2H3,(H3,14,15,16,17). The van der Waals surface area contributed by atoms with Gasteiger partial charge in [0.2, 0.25) is 0 Å². The van der Waals surface area contributed by atoms with Gasteiger partial charge in [0, 0.05) is 25.8 Å². The first-order valence-corrected chi connectivity index (χ1v) is 6.75. The maximum Gasteiger partial charge on any atom is 0.158 e. The number of nitrogens with two attached hydrogens (primary N) is 1. The highest BCUT2D eigenvalue weighted by Gasteiger charge is 2.18. The Balaban J connectivity index is 1.94. The van der Waals surface area contributed by atoms with Crippen molar-refractivity contribution in [2.45, 2.75) is 31.9 Å². The molecule has 1 atom stereocenters.